The van der Waals surface area contributed by atoms with E-state index < -0.39 is 0 Å². The van der Waals surface area contributed by atoms with E-state index in [0.717, 1.165) is 27.1 Å². The van der Waals surface area contributed by atoms with Crippen molar-refractivity contribution >= 4 is 51.5 Å². The van der Waals surface area contributed by atoms with Crippen molar-refractivity contribution < 1.29 is 4.79 Å². The summed E-state index contributed by atoms with van der Waals surface area (Å²) in [5.41, 5.74) is 1.81. The maximum Gasteiger partial charge on any atom is 0.215 e. The Bertz CT molecular complexity index is 385. The van der Waals surface area contributed by atoms with Gasteiger partial charge in [0.05, 0.1) is 0 Å². The zero-order chi connectivity index (χ0) is 12.0. The highest BCUT2D eigenvalue weighted by atomic mass is 79.9. The summed E-state index contributed by atoms with van der Waals surface area (Å²) in [5.74, 6) is 1.48. The third-order valence-electron chi connectivity index (χ3n) is 1.90. The molecule has 0 spiro atoms. The van der Waals surface area contributed by atoms with Crippen molar-refractivity contribution in [2.45, 2.75) is 6.92 Å². The fourth-order valence-corrected chi connectivity index (χ4v) is 2.22. The minimum absolute atomic E-state index is 0.122. The molecule has 0 heterocycles. The first-order valence-corrected chi connectivity index (χ1v) is 7.26. The SMILES string of the molecule is C/C(=C\c1ccc(Br)cc1)C(=O)SCCS. The minimum Gasteiger partial charge on any atom is -0.282 e. The van der Waals surface area contributed by atoms with E-state index in [4.69, 9.17) is 0 Å². The highest BCUT2D eigenvalue weighted by Gasteiger charge is 2.04. The predicted octanol–water partition coefficient (Wildman–Crippen LogP) is 4.04. The van der Waals surface area contributed by atoms with E-state index in [1.54, 1.807) is 0 Å². The van der Waals surface area contributed by atoms with Gasteiger partial charge in [0.15, 0.2) is 0 Å². The minimum atomic E-state index is 0.122. The Kier molecular flexibility index (Phi) is 6.24. The van der Waals surface area contributed by atoms with Crippen molar-refractivity contribution in [3.8, 4) is 0 Å². The number of thiol groups is 1. The van der Waals surface area contributed by atoms with Crippen LogP contribution in [0.1, 0.15) is 12.5 Å². The van der Waals surface area contributed by atoms with Crippen LogP contribution in [0.3, 0.4) is 0 Å². The van der Waals surface area contributed by atoms with Crippen molar-refractivity contribution in [1.82, 2.24) is 0 Å². The molecule has 0 bridgehead atoms. The van der Waals surface area contributed by atoms with E-state index in [1.807, 2.05) is 37.3 Å². The van der Waals surface area contributed by atoms with Crippen molar-refractivity contribution in [3.63, 3.8) is 0 Å². The van der Waals surface area contributed by atoms with Crippen molar-refractivity contribution in [3.05, 3.63) is 39.9 Å². The van der Waals surface area contributed by atoms with Crippen LogP contribution in [0.5, 0.6) is 0 Å². The molecule has 1 rings (SSSR count). The van der Waals surface area contributed by atoms with Gasteiger partial charge in [0.2, 0.25) is 5.12 Å². The van der Waals surface area contributed by atoms with Gasteiger partial charge in [-0.05, 0) is 36.4 Å². The standard InChI is InChI=1S/C12H13BrOS2/c1-9(12(14)16-7-6-15)8-10-2-4-11(13)5-3-10/h2-5,8,15H,6-7H2,1H3/b9-8+. The number of carbonyl (C=O) groups excluding carboxylic acids is 1. The lowest BCUT2D eigenvalue weighted by Crippen LogP contribution is -1.95. The first kappa shape index (κ1) is 13.9. The van der Waals surface area contributed by atoms with Crippen LogP contribution in [0.15, 0.2) is 34.3 Å². The molecule has 0 aliphatic rings. The zero-order valence-corrected chi connectivity index (χ0v) is 12.2. The van der Waals surface area contributed by atoms with Gasteiger partial charge in [-0.1, -0.05) is 39.8 Å². The Balaban J connectivity index is 2.68. The number of thioether (sulfide) groups is 1. The second-order valence-electron chi connectivity index (χ2n) is 3.24. The third kappa shape index (κ3) is 4.76. The van der Waals surface area contributed by atoms with Crippen molar-refractivity contribution in [2.75, 3.05) is 11.5 Å². The van der Waals surface area contributed by atoms with Crippen LogP contribution in [0, 0.1) is 0 Å². The molecule has 0 N–H and O–H groups in total. The molecule has 1 aromatic rings. The Hall–Kier alpha value is -0.190. The number of carbonyl (C=O) groups is 1. The lowest BCUT2D eigenvalue weighted by Gasteiger charge is -2.00. The summed E-state index contributed by atoms with van der Waals surface area (Å²) in [5, 5.41) is 0.122. The highest BCUT2D eigenvalue weighted by molar-refractivity contribution is 9.10. The third-order valence-corrected chi connectivity index (χ3v) is 3.95. The van der Waals surface area contributed by atoms with E-state index >= 15 is 0 Å². The number of hydrogen-bond donors (Lipinski definition) is 1. The molecule has 1 nitrogen and oxygen atoms in total. The van der Waals surface area contributed by atoms with Gasteiger partial charge in [-0.3, -0.25) is 4.79 Å². The van der Waals surface area contributed by atoms with Gasteiger partial charge < -0.3 is 0 Å². The molecular weight excluding hydrogens is 304 g/mol. The summed E-state index contributed by atoms with van der Waals surface area (Å²) in [4.78, 5) is 11.6. The van der Waals surface area contributed by atoms with Crippen LogP contribution >= 0.6 is 40.3 Å². The quantitative estimate of drug-likeness (QED) is 0.667. The molecule has 0 fully saturated rings. The normalized spacial score (nSPS) is 11.6. The molecule has 0 atom stereocenters. The average molecular weight is 317 g/mol. The van der Waals surface area contributed by atoms with Gasteiger partial charge in [0.25, 0.3) is 0 Å². The number of benzene rings is 1. The molecule has 0 amide bonds. The van der Waals surface area contributed by atoms with Gasteiger partial charge in [0, 0.05) is 15.8 Å². The largest absolute Gasteiger partial charge is 0.282 e. The van der Waals surface area contributed by atoms with Crippen molar-refractivity contribution in [1.29, 1.82) is 0 Å². The molecule has 1 aromatic carbocycles. The van der Waals surface area contributed by atoms with E-state index in [2.05, 4.69) is 28.6 Å². The predicted molar refractivity (Wildman–Crippen MR) is 79.1 cm³/mol. The Labute approximate surface area is 114 Å². The van der Waals surface area contributed by atoms with Gasteiger partial charge >= 0.3 is 0 Å². The molecule has 0 aliphatic carbocycles. The molecule has 0 aromatic heterocycles. The molecule has 0 radical (unpaired) electrons. The van der Waals surface area contributed by atoms with Crippen LogP contribution in [0.25, 0.3) is 6.08 Å². The van der Waals surface area contributed by atoms with E-state index in [9.17, 15) is 4.79 Å². The molecular formula is C12H13BrOS2. The number of halogens is 1. The summed E-state index contributed by atoms with van der Waals surface area (Å²) in [6.45, 7) is 1.84. The fraction of sp³-hybridized carbons (Fsp3) is 0.250. The second kappa shape index (κ2) is 7.20. The Morgan fingerprint density at radius 1 is 1.44 bits per heavy atom. The van der Waals surface area contributed by atoms with E-state index in [0.29, 0.717) is 0 Å². The van der Waals surface area contributed by atoms with Crippen molar-refractivity contribution in [2.24, 2.45) is 0 Å². The van der Waals surface area contributed by atoms with Crippen LogP contribution in [-0.4, -0.2) is 16.6 Å². The molecule has 4 heteroatoms. The molecule has 86 valence electrons. The van der Waals surface area contributed by atoms with Crippen LogP contribution in [0.2, 0.25) is 0 Å². The second-order valence-corrected chi connectivity index (χ2v) is 5.67. The first-order chi connectivity index (χ1) is 7.63. The van der Waals surface area contributed by atoms with Crippen LogP contribution in [-0.2, 0) is 4.79 Å². The monoisotopic (exact) mass is 316 g/mol. The lowest BCUT2D eigenvalue weighted by atomic mass is 10.1. The lowest BCUT2D eigenvalue weighted by molar-refractivity contribution is -0.107. The summed E-state index contributed by atoms with van der Waals surface area (Å²) >= 11 is 8.77. The van der Waals surface area contributed by atoms with Gasteiger partial charge in [-0.2, -0.15) is 12.6 Å². The van der Waals surface area contributed by atoms with E-state index in [-0.39, 0.29) is 5.12 Å². The maximum atomic E-state index is 11.6. The smallest absolute Gasteiger partial charge is 0.215 e. The molecule has 0 unspecified atom stereocenters. The summed E-state index contributed by atoms with van der Waals surface area (Å²) < 4.78 is 1.04. The van der Waals surface area contributed by atoms with Crippen LogP contribution in [0.4, 0.5) is 0 Å². The number of hydrogen-bond acceptors (Lipinski definition) is 3. The van der Waals surface area contributed by atoms with Gasteiger partial charge in [-0.15, -0.1) is 0 Å². The molecule has 0 aliphatic heterocycles. The van der Waals surface area contributed by atoms with E-state index in [1.165, 1.54) is 11.8 Å². The molecule has 0 saturated carbocycles. The highest BCUT2D eigenvalue weighted by Crippen LogP contribution is 2.16. The molecule has 16 heavy (non-hydrogen) atoms. The fourth-order valence-electron chi connectivity index (χ4n) is 1.12. The molecule has 0 saturated heterocycles. The summed E-state index contributed by atoms with van der Waals surface area (Å²) in [7, 11) is 0. The summed E-state index contributed by atoms with van der Waals surface area (Å²) in [6, 6.07) is 7.88. The average Bonchev–Trinajstić information content (AvgIpc) is 2.29. The van der Waals surface area contributed by atoms with Gasteiger partial charge in [-0.25, -0.2) is 0 Å². The zero-order valence-electron chi connectivity index (χ0n) is 8.94. The Morgan fingerprint density at radius 3 is 2.62 bits per heavy atom. The summed E-state index contributed by atoms with van der Waals surface area (Å²) in [6.07, 6.45) is 1.90. The van der Waals surface area contributed by atoms with Crippen LogP contribution < -0.4 is 0 Å². The topological polar surface area (TPSA) is 17.1 Å². The Morgan fingerprint density at radius 2 is 2.06 bits per heavy atom. The first-order valence-electron chi connectivity index (χ1n) is 4.85. The maximum absolute atomic E-state index is 11.6. The number of rotatable bonds is 4. The van der Waals surface area contributed by atoms with Gasteiger partial charge in [0.1, 0.15) is 0 Å².